The summed E-state index contributed by atoms with van der Waals surface area (Å²) in [7, 11) is -19.2. The molecule has 2 aromatic rings. The predicted molar refractivity (Wildman–Crippen MR) is 108 cm³/mol. The first-order valence-electron chi connectivity index (χ1n) is 8.12. The predicted octanol–water partition coefficient (Wildman–Crippen LogP) is 3.30. The Morgan fingerprint density at radius 2 is 1.41 bits per heavy atom. The Kier molecular flexibility index (Phi) is 5.50. The van der Waals surface area contributed by atoms with Crippen LogP contribution in [0.5, 0.6) is 0 Å². The van der Waals surface area contributed by atoms with E-state index >= 15 is 0 Å². The third-order valence-corrected chi connectivity index (χ3v) is 8.26. The van der Waals surface area contributed by atoms with Crippen LogP contribution in [-0.2, 0) is 19.7 Å². The zero-order valence-corrected chi connectivity index (χ0v) is 18.7. The molecule has 1 amide bonds. The fourth-order valence-corrected chi connectivity index (χ4v) is 6.17. The van der Waals surface area contributed by atoms with Crippen LogP contribution in [0.2, 0.25) is 0 Å². The number of guanidine groups is 1. The molecular weight excluding hydrogens is 505 g/mol. The summed E-state index contributed by atoms with van der Waals surface area (Å²) in [6.07, 6.45) is 0.628. The van der Waals surface area contributed by atoms with E-state index in [4.69, 9.17) is 11.5 Å². The zero-order valence-electron chi connectivity index (χ0n) is 16.2. The summed E-state index contributed by atoms with van der Waals surface area (Å²) >= 11 is 0. The van der Waals surface area contributed by atoms with Crippen molar-refractivity contribution < 1.29 is 41.1 Å². The van der Waals surface area contributed by atoms with Crippen molar-refractivity contribution in [2.75, 3.05) is 6.26 Å². The molecule has 0 aliphatic rings. The lowest BCUT2D eigenvalue weighted by molar-refractivity contribution is 0.100. The molecule has 0 heterocycles. The van der Waals surface area contributed by atoms with Crippen LogP contribution in [0, 0.1) is 6.92 Å². The Hall–Kier alpha value is -2.72. The number of nitrogens with two attached hydrogens (primary N) is 2. The molecule has 0 saturated carbocycles. The van der Waals surface area contributed by atoms with Crippen molar-refractivity contribution in [2.45, 2.75) is 26.5 Å². The summed E-state index contributed by atoms with van der Waals surface area (Å²) in [5.74, 6) is -1.72. The van der Waals surface area contributed by atoms with E-state index in [1.807, 2.05) is 0 Å². The Labute approximate surface area is 179 Å². The van der Waals surface area contributed by atoms with Gasteiger partial charge in [0.15, 0.2) is 15.8 Å². The minimum atomic E-state index is -10.1. The molecular formula is C16H16F5N3O5S3. The molecule has 0 spiro atoms. The Morgan fingerprint density at radius 3 is 1.81 bits per heavy atom. The Bertz CT molecular complexity index is 1370. The van der Waals surface area contributed by atoms with E-state index in [-0.39, 0.29) is 35.4 Å². The number of aliphatic imine (C=N–C) groups is 1. The third-order valence-electron chi connectivity index (χ3n) is 4.02. The summed E-state index contributed by atoms with van der Waals surface area (Å²) in [5.41, 5.74) is 9.78. The van der Waals surface area contributed by atoms with Crippen LogP contribution < -0.4 is 11.5 Å². The van der Waals surface area contributed by atoms with Crippen molar-refractivity contribution in [1.82, 2.24) is 0 Å². The SMILES string of the molecule is Cc1cc(S(=O)(=O)c2ccc(S(F)(F)(F)(F)F)cc2)c(S(C)(=O)=O)cc1C(=O)N=C(N)N. The molecule has 4 N–H and O–H groups in total. The van der Waals surface area contributed by atoms with Crippen LogP contribution >= 0.6 is 10.2 Å². The highest BCUT2D eigenvalue weighted by Crippen LogP contribution is 3.02. The average Bonchev–Trinajstić information content (AvgIpc) is 2.57. The van der Waals surface area contributed by atoms with Gasteiger partial charge in [0.05, 0.1) is 14.7 Å². The van der Waals surface area contributed by atoms with Gasteiger partial charge in [-0.3, -0.25) is 4.79 Å². The number of carbonyl (C=O) groups excluding carboxylic acids is 1. The van der Waals surface area contributed by atoms with Gasteiger partial charge < -0.3 is 11.5 Å². The lowest BCUT2D eigenvalue weighted by Crippen LogP contribution is -2.24. The number of nitrogens with zero attached hydrogens (tertiary/aromatic N) is 1. The van der Waals surface area contributed by atoms with E-state index in [2.05, 4.69) is 4.99 Å². The molecule has 32 heavy (non-hydrogen) atoms. The summed E-state index contributed by atoms with van der Waals surface area (Å²) in [6, 6.07) is 1.83. The third kappa shape index (κ3) is 5.36. The number of sulfone groups is 2. The van der Waals surface area contributed by atoms with Crippen LogP contribution in [0.3, 0.4) is 0 Å². The number of aryl methyl sites for hydroxylation is 1. The topological polar surface area (TPSA) is 150 Å². The molecule has 0 aliphatic carbocycles. The van der Waals surface area contributed by atoms with Crippen LogP contribution in [0.25, 0.3) is 0 Å². The van der Waals surface area contributed by atoms with Crippen LogP contribution in [0.15, 0.2) is 61.0 Å². The van der Waals surface area contributed by atoms with Crippen LogP contribution in [-0.4, -0.2) is 35.0 Å². The van der Waals surface area contributed by atoms with E-state index in [1.165, 1.54) is 6.92 Å². The van der Waals surface area contributed by atoms with Crippen molar-refractivity contribution in [3.63, 3.8) is 0 Å². The average molecular weight is 522 g/mol. The van der Waals surface area contributed by atoms with Crippen molar-refractivity contribution in [3.05, 3.63) is 47.5 Å². The van der Waals surface area contributed by atoms with Gasteiger partial charge in [0.25, 0.3) is 5.91 Å². The van der Waals surface area contributed by atoms with Gasteiger partial charge in [0.2, 0.25) is 9.84 Å². The molecule has 0 radical (unpaired) electrons. The van der Waals surface area contributed by atoms with Crippen LogP contribution in [0.1, 0.15) is 15.9 Å². The van der Waals surface area contributed by atoms with Gasteiger partial charge in [-0.05, 0) is 48.9 Å². The molecule has 0 atom stereocenters. The van der Waals surface area contributed by atoms with E-state index in [9.17, 15) is 41.1 Å². The molecule has 178 valence electrons. The monoisotopic (exact) mass is 521 g/mol. The molecule has 0 saturated heterocycles. The van der Waals surface area contributed by atoms with Gasteiger partial charge in [-0.1, -0.05) is 19.4 Å². The fraction of sp³-hybridized carbons (Fsp3) is 0.125. The number of rotatable bonds is 5. The van der Waals surface area contributed by atoms with Crippen molar-refractivity contribution in [3.8, 4) is 0 Å². The number of benzene rings is 2. The van der Waals surface area contributed by atoms with Gasteiger partial charge in [-0.25, -0.2) is 16.8 Å². The maximum absolute atomic E-state index is 13.0. The number of amides is 1. The number of hydrogen-bond donors (Lipinski definition) is 2. The van der Waals surface area contributed by atoms with E-state index < -0.39 is 61.3 Å². The maximum Gasteiger partial charge on any atom is 0.310 e. The van der Waals surface area contributed by atoms with Crippen LogP contribution in [0.4, 0.5) is 19.4 Å². The van der Waals surface area contributed by atoms with Gasteiger partial charge >= 0.3 is 10.2 Å². The first-order chi connectivity index (χ1) is 14.0. The summed E-state index contributed by atoms with van der Waals surface area (Å²) in [6.45, 7) is 1.23. The van der Waals surface area contributed by atoms with Crippen molar-refractivity contribution >= 4 is 41.8 Å². The molecule has 0 unspecified atom stereocenters. The highest BCUT2D eigenvalue weighted by Gasteiger charge is 2.65. The number of halogens is 5. The maximum atomic E-state index is 13.0. The number of hydrogen-bond acceptors (Lipinski definition) is 5. The molecule has 0 bridgehead atoms. The largest absolute Gasteiger partial charge is 0.370 e. The van der Waals surface area contributed by atoms with Gasteiger partial charge in [0.1, 0.15) is 4.90 Å². The standard InChI is InChI=1S/C16H16F5N3O5S3/c1-9-7-14(13(30(2,26)27)8-12(9)15(25)24-16(22)23)31(28,29)10-3-5-11(6-4-10)32(17,18,19,20)21/h3-8H,1-2H3,(H4,22,23,24,25). The quantitative estimate of drug-likeness (QED) is 0.348. The highest BCUT2D eigenvalue weighted by molar-refractivity contribution is 8.45. The second-order valence-electron chi connectivity index (χ2n) is 6.67. The normalized spacial score (nSPS) is 14.8. The lowest BCUT2D eigenvalue weighted by atomic mass is 10.1. The smallest absolute Gasteiger partial charge is 0.310 e. The molecule has 16 heteroatoms. The summed E-state index contributed by atoms with van der Waals surface area (Å²) in [4.78, 5) is 10.4. The zero-order chi connectivity index (χ0) is 25.0. The molecule has 0 aromatic heterocycles. The van der Waals surface area contributed by atoms with Gasteiger partial charge in [-0.2, -0.15) is 4.99 Å². The molecule has 2 aromatic carbocycles. The highest BCUT2D eigenvalue weighted by atomic mass is 32.5. The minimum Gasteiger partial charge on any atom is -0.370 e. The first kappa shape index (κ1) is 25.5. The summed E-state index contributed by atoms with van der Waals surface area (Å²) < 4.78 is 115. The molecule has 8 nitrogen and oxygen atoms in total. The van der Waals surface area contributed by atoms with E-state index in [0.717, 1.165) is 6.07 Å². The van der Waals surface area contributed by atoms with Gasteiger partial charge in [-0.15, -0.1) is 0 Å². The Balaban J connectivity index is 2.78. The Morgan fingerprint density at radius 1 is 0.906 bits per heavy atom. The fourth-order valence-electron chi connectivity index (χ4n) is 2.57. The molecule has 0 fully saturated rings. The summed E-state index contributed by atoms with van der Waals surface area (Å²) in [5, 5.41) is 0. The van der Waals surface area contributed by atoms with E-state index in [0.29, 0.717) is 12.3 Å². The second-order valence-corrected chi connectivity index (χ2v) is 13.0. The van der Waals surface area contributed by atoms with Crippen molar-refractivity contribution in [2.24, 2.45) is 16.5 Å². The number of carbonyl (C=O) groups is 1. The van der Waals surface area contributed by atoms with E-state index in [1.54, 1.807) is 0 Å². The second kappa shape index (κ2) is 6.89. The minimum absolute atomic E-state index is 0.0744. The molecule has 0 aliphatic heterocycles. The van der Waals surface area contributed by atoms with Gasteiger partial charge in [0, 0.05) is 11.8 Å². The lowest BCUT2D eigenvalue weighted by Gasteiger charge is -2.40. The van der Waals surface area contributed by atoms with Crippen molar-refractivity contribution in [1.29, 1.82) is 0 Å². The first-order valence-corrected chi connectivity index (χ1v) is 13.4. The molecule has 2 rings (SSSR count).